The van der Waals surface area contributed by atoms with E-state index in [1.165, 1.54) is 4.90 Å². The fourth-order valence-electron chi connectivity index (χ4n) is 0.912. The monoisotopic (exact) mass is 145 g/mol. The van der Waals surface area contributed by atoms with Gasteiger partial charge in [-0.25, -0.2) is 0 Å². The number of aliphatic hydroxyl groups is 1. The van der Waals surface area contributed by atoms with Crippen LogP contribution >= 0.6 is 0 Å². The molecule has 1 rings (SSSR count). The Labute approximate surface area is 59.4 Å². The van der Waals surface area contributed by atoms with Crippen LogP contribution in [0.1, 0.15) is 0 Å². The summed E-state index contributed by atoms with van der Waals surface area (Å²) in [6.07, 6.45) is 0.213. The first kappa shape index (κ1) is 7.50. The molecule has 1 aliphatic heterocycles. The van der Waals surface area contributed by atoms with Crippen LogP contribution in [-0.4, -0.2) is 48.8 Å². The zero-order chi connectivity index (χ0) is 7.40. The van der Waals surface area contributed by atoms with E-state index in [1.807, 2.05) is 0 Å². The van der Waals surface area contributed by atoms with Crippen molar-refractivity contribution in [2.45, 2.75) is 6.10 Å². The normalized spacial score (nSPS) is 27.7. The largest absolute Gasteiger partial charge is 0.389 e. The molecule has 4 heteroatoms. The van der Waals surface area contributed by atoms with Crippen molar-refractivity contribution in [2.24, 2.45) is 0 Å². The molecule has 0 spiro atoms. The first-order valence-electron chi connectivity index (χ1n) is 3.28. The predicted molar refractivity (Wildman–Crippen MR) is 34.5 cm³/mol. The minimum Gasteiger partial charge on any atom is -0.389 e. The Hall–Kier alpha value is -0.610. The van der Waals surface area contributed by atoms with E-state index in [-0.39, 0.29) is 0 Å². The van der Waals surface area contributed by atoms with E-state index in [9.17, 15) is 4.79 Å². The van der Waals surface area contributed by atoms with Gasteiger partial charge < -0.3 is 14.7 Å². The molecule has 1 atom stereocenters. The van der Waals surface area contributed by atoms with Crippen LogP contribution in [0.25, 0.3) is 0 Å². The maximum atomic E-state index is 10.2. The van der Waals surface area contributed by atoms with Crippen LogP contribution in [0.2, 0.25) is 0 Å². The third kappa shape index (κ3) is 1.97. The molecule has 1 unspecified atom stereocenters. The van der Waals surface area contributed by atoms with Crippen molar-refractivity contribution in [3.8, 4) is 0 Å². The maximum absolute atomic E-state index is 10.2. The third-order valence-corrected chi connectivity index (χ3v) is 1.43. The first-order valence-corrected chi connectivity index (χ1v) is 3.28. The molecule has 0 aromatic carbocycles. The van der Waals surface area contributed by atoms with Gasteiger partial charge in [-0.15, -0.1) is 0 Å². The van der Waals surface area contributed by atoms with Gasteiger partial charge in [0, 0.05) is 13.1 Å². The highest BCUT2D eigenvalue weighted by molar-refractivity contribution is 5.47. The number of carbonyl (C=O) groups is 1. The average molecular weight is 145 g/mol. The van der Waals surface area contributed by atoms with Crippen LogP contribution in [0.5, 0.6) is 0 Å². The minimum atomic E-state index is -0.521. The zero-order valence-electron chi connectivity index (χ0n) is 5.69. The molecular weight excluding hydrogens is 134 g/mol. The van der Waals surface area contributed by atoms with Crippen molar-refractivity contribution >= 4 is 6.41 Å². The highest BCUT2D eigenvalue weighted by Crippen LogP contribution is 1.96. The Morgan fingerprint density at radius 2 is 2.50 bits per heavy atom. The van der Waals surface area contributed by atoms with Crippen LogP contribution in [0.4, 0.5) is 0 Å². The molecule has 1 fully saturated rings. The van der Waals surface area contributed by atoms with E-state index in [1.54, 1.807) is 0 Å². The van der Waals surface area contributed by atoms with Gasteiger partial charge in [0.15, 0.2) is 0 Å². The Morgan fingerprint density at radius 1 is 1.70 bits per heavy atom. The molecule has 0 aromatic heterocycles. The van der Waals surface area contributed by atoms with Crippen LogP contribution in [0, 0.1) is 0 Å². The highest BCUT2D eigenvalue weighted by atomic mass is 16.5. The van der Waals surface area contributed by atoms with Gasteiger partial charge in [-0.1, -0.05) is 0 Å². The lowest BCUT2D eigenvalue weighted by molar-refractivity contribution is -0.118. The number of aliphatic hydroxyl groups excluding tert-OH is 1. The summed E-state index contributed by atoms with van der Waals surface area (Å²) in [6, 6.07) is 0. The number of nitrogens with zero attached hydrogens (tertiary/aromatic N) is 1. The quantitative estimate of drug-likeness (QED) is 0.473. The summed E-state index contributed by atoms with van der Waals surface area (Å²) in [5.74, 6) is 0. The second kappa shape index (κ2) is 3.53. The molecule has 1 aliphatic rings. The van der Waals surface area contributed by atoms with Crippen molar-refractivity contribution < 1.29 is 14.6 Å². The summed E-state index contributed by atoms with van der Waals surface area (Å²) in [7, 11) is 0. The third-order valence-electron chi connectivity index (χ3n) is 1.43. The number of ether oxygens (including phenoxy) is 1. The van der Waals surface area contributed by atoms with E-state index in [2.05, 4.69) is 0 Å². The second-order valence-electron chi connectivity index (χ2n) is 2.33. The lowest BCUT2D eigenvalue weighted by Crippen LogP contribution is -2.31. The van der Waals surface area contributed by atoms with Gasteiger partial charge >= 0.3 is 0 Å². The number of hydrogen-bond donors (Lipinski definition) is 1. The average Bonchev–Trinajstić information content (AvgIpc) is 2.13. The Bertz CT molecular complexity index is 118. The smallest absolute Gasteiger partial charge is 0.209 e. The van der Waals surface area contributed by atoms with E-state index in [0.717, 1.165) is 6.41 Å². The van der Waals surface area contributed by atoms with Crippen molar-refractivity contribution in [1.29, 1.82) is 0 Å². The topological polar surface area (TPSA) is 49.8 Å². The van der Waals surface area contributed by atoms with Crippen LogP contribution in [-0.2, 0) is 9.53 Å². The van der Waals surface area contributed by atoms with E-state index in [4.69, 9.17) is 9.84 Å². The van der Waals surface area contributed by atoms with Gasteiger partial charge in [0.05, 0.1) is 19.3 Å². The SMILES string of the molecule is O=CN1CCOCC(O)C1. The molecule has 0 radical (unpaired) electrons. The lowest BCUT2D eigenvalue weighted by atomic mass is 10.4. The minimum absolute atomic E-state index is 0.338. The fraction of sp³-hybridized carbons (Fsp3) is 0.833. The molecule has 58 valence electrons. The molecule has 1 amide bonds. The van der Waals surface area contributed by atoms with E-state index < -0.39 is 6.10 Å². The number of rotatable bonds is 1. The van der Waals surface area contributed by atoms with Crippen molar-refractivity contribution in [3.05, 3.63) is 0 Å². The van der Waals surface area contributed by atoms with Crippen LogP contribution in [0.15, 0.2) is 0 Å². The molecule has 0 bridgehead atoms. The van der Waals surface area contributed by atoms with Crippen molar-refractivity contribution in [2.75, 3.05) is 26.3 Å². The molecule has 1 heterocycles. The first-order chi connectivity index (χ1) is 4.83. The van der Waals surface area contributed by atoms with E-state index in [0.29, 0.717) is 26.3 Å². The Balaban J connectivity index is 2.37. The fourth-order valence-corrected chi connectivity index (χ4v) is 0.912. The molecule has 1 saturated heterocycles. The zero-order valence-corrected chi connectivity index (χ0v) is 5.69. The van der Waals surface area contributed by atoms with Crippen LogP contribution < -0.4 is 0 Å². The summed E-state index contributed by atoms with van der Waals surface area (Å²) in [5.41, 5.74) is 0. The number of hydrogen-bond acceptors (Lipinski definition) is 3. The molecular formula is C6H11NO3. The van der Waals surface area contributed by atoms with Gasteiger partial charge in [0.25, 0.3) is 0 Å². The summed E-state index contributed by atoms with van der Waals surface area (Å²) >= 11 is 0. The summed E-state index contributed by atoms with van der Waals surface area (Å²) in [6.45, 7) is 1.84. The van der Waals surface area contributed by atoms with Gasteiger partial charge in [0.1, 0.15) is 0 Å². The number of amides is 1. The van der Waals surface area contributed by atoms with Crippen molar-refractivity contribution in [3.63, 3.8) is 0 Å². The second-order valence-corrected chi connectivity index (χ2v) is 2.33. The summed E-state index contributed by atoms with van der Waals surface area (Å²) in [4.78, 5) is 11.7. The van der Waals surface area contributed by atoms with Gasteiger partial charge in [-0.3, -0.25) is 4.79 Å². The molecule has 0 aromatic rings. The Kier molecular flexibility index (Phi) is 2.65. The highest BCUT2D eigenvalue weighted by Gasteiger charge is 2.13. The maximum Gasteiger partial charge on any atom is 0.209 e. The molecule has 0 aliphatic carbocycles. The van der Waals surface area contributed by atoms with E-state index >= 15 is 0 Å². The summed E-state index contributed by atoms with van der Waals surface area (Å²) in [5, 5.41) is 9.07. The summed E-state index contributed by atoms with van der Waals surface area (Å²) < 4.78 is 4.99. The standard InChI is InChI=1S/C6H11NO3/c8-5-7-1-2-10-4-6(9)3-7/h5-6,9H,1-4H2. The van der Waals surface area contributed by atoms with Crippen molar-refractivity contribution in [1.82, 2.24) is 4.90 Å². The van der Waals surface area contributed by atoms with Gasteiger partial charge in [0.2, 0.25) is 6.41 Å². The molecule has 0 saturated carbocycles. The Morgan fingerprint density at radius 3 is 3.20 bits per heavy atom. The van der Waals surface area contributed by atoms with Gasteiger partial charge in [-0.2, -0.15) is 0 Å². The molecule has 10 heavy (non-hydrogen) atoms. The van der Waals surface area contributed by atoms with Gasteiger partial charge in [-0.05, 0) is 0 Å². The number of β-amino-alcohol motifs (C(OH)–C–C–N with tert-alkyl or cyclic N) is 1. The van der Waals surface area contributed by atoms with Crippen LogP contribution in [0.3, 0.4) is 0 Å². The predicted octanol–water partition coefficient (Wildman–Crippen LogP) is -1.16. The lowest BCUT2D eigenvalue weighted by Gasteiger charge is -2.14. The molecule has 1 N–H and O–H groups in total. The molecule has 4 nitrogen and oxygen atoms in total. The number of carbonyl (C=O) groups excluding carboxylic acids is 1.